The lowest BCUT2D eigenvalue weighted by Crippen LogP contribution is -2.21. The Kier molecular flexibility index (Phi) is 6.09. The lowest BCUT2D eigenvalue weighted by Gasteiger charge is -2.19. The van der Waals surface area contributed by atoms with Gasteiger partial charge in [-0.15, -0.1) is 0 Å². The molecule has 2 rings (SSSR count). The molecule has 1 heterocycles. The normalized spacial score (nSPS) is 13.5. The van der Waals surface area contributed by atoms with Crippen molar-refractivity contribution in [1.29, 1.82) is 0 Å². The topological polar surface area (TPSA) is 40.5 Å². The van der Waals surface area contributed by atoms with E-state index in [1.54, 1.807) is 6.07 Å². The summed E-state index contributed by atoms with van der Waals surface area (Å²) in [5.74, 6) is -0.833. The van der Waals surface area contributed by atoms with E-state index in [4.69, 9.17) is 5.11 Å². The van der Waals surface area contributed by atoms with Crippen LogP contribution in [-0.4, -0.2) is 24.2 Å². The van der Waals surface area contributed by atoms with Gasteiger partial charge >= 0.3 is 5.97 Å². The lowest BCUT2D eigenvalue weighted by molar-refractivity contribution is 0.0697. The van der Waals surface area contributed by atoms with Crippen LogP contribution >= 0.6 is 0 Å². The number of hydrogen-bond acceptors (Lipinski definition) is 2. The predicted octanol–water partition coefficient (Wildman–Crippen LogP) is 4.50. The molecule has 1 N–H and O–H groups in total. The molecule has 1 aliphatic rings. The summed E-state index contributed by atoms with van der Waals surface area (Å²) < 4.78 is 0. The molecule has 0 unspecified atom stereocenters. The molecule has 0 spiro atoms. The lowest BCUT2D eigenvalue weighted by atomic mass is 10.1. The molecule has 0 saturated heterocycles. The molecule has 0 bridgehead atoms. The maximum atomic E-state index is 11.1. The van der Waals surface area contributed by atoms with E-state index in [-0.39, 0.29) is 0 Å². The standard InChI is InChI=1S/C18H27NO2/c1-2-3-4-5-6-7-8-12-19-13-11-15-9-10-16(18(20)21)14-17(15)19/h9-10,14H,2-8,11-13H2,1H3,(H,20,21). The Morgan fingerprint density at radius 3 is 2.57 bits per heavy atom. The van der Waals surface area contributed by atoms with Crippen molar-refractivity contribution < 1.29 is 9.90 Å². The number of benzene rings is 1. The molecule has 0 fully saturated rings. The van der Waals surface area contributed by atoms with Crippen LogP contribution in [0, 0.1) is 0 Å². The first-order valence-electron chi connectivity index (χ1n) is 8.33. The first-order chi connectivity index (χ1) is 10.2. The van der Waals surface area contributed by atoms with Gasteiger partial charge in [-0.05, 0) is 30.5 Å². The van der Waals surface area contributed by atoms with Crippen molar-refractivity contribution in [3.8, 4) is 0 Å². The molecular weight excluding hydrogens is 262 g/mol. The quantitative estimate of drug-likeness (QED) is 0.680. The van der Waals surface area contributed by atoms with Crippen LogP contribution in [0.1, 0.15) is 67.8 Å². The van der Waals surface area contributed by atoms with E-state index >= 15 is 0 Å². The van der Waals surface area contributed by atoms with E-state index in [0.717, 1.165) is 25.2 Å². The maximum Gasteiger partial charge on any atom is 0.335 e. The predicted molar refractivity (Wildman–Crippen MR) is 87.3 cm³/mol. The van der Waals surface area contributed by atoms with Gasteiger partial charge in [0.15, 0.2) is 0 Å². The number of rotatable bonds is 9. The van der Waals surface area contributed by atoms with Crippen molar-refractivity contribution in [3.05, 3.63) is 29.3 Å². The van der Waals surface area contributed by atoms with Crippen molar-refractivity contribution >= 4 is 11.7 Å². The second kappa shape index (κ2) is 8.06. The van der Waals surface area contributed by atoms with Gasteiger partial charge in [0.25, 0.3) is 0 Å². The van der Waals surface area contributed by atoms with Gasteiger partial charge < -0.3 is 10.0 Å². The summed E-state index contributed by atoms with van der Waals surface area (Å²) in [5, 5.41) is 9.10. The van der Waals surface area contributed by atoms with Crippen LogP contribution in [0.25, 0.3) is 0 Å². The Hall–Kier alpha value is -1.51. The van der Waals surface area contributed by atoms with Gasteiger partial charge in [0.05, 0.1) is 5.56 Å². The largest absolute Gasteiger partial charge is 0.478 e. The molecule has 0 atom stereocenters. The smallest absolute Gasteiger partial charge is 0.335 e. The number of unbranched alkanes of at least 4 members (excludes halogenated alkanes) is 6. The van der Waals surface area contributed by atoms with Crippen LogP contribution in [0.5, 0.6) is 0 Å². The summed E-state index contributed by atoms with van der Waals surface area (Å²) in [5.41, 5.74) is 2.84. The highest BCUT2D eigenvalue weighted by atomic mass is 16.4. The molecule has 0 radical (unpaired) electrons. The highest BCUT2D eigenvalue weighted by molar-refractivity contribution is 5.89. The van der Waals surface area contributed by atoms with Gasteiger partial charge in [-0.1, -0.05) is 51.5 Å². The summed E-state index contributed by atoms with van der Waals surface area (Å²) in [7, 11) is 0. The molecule has 0 aromatic heterocycles. The molecule has 116 valence electrons. The van der Waals surface area contributed by atoms with E-state index in [2.05, 4.69) is 11.8 Å². The highest BCUT2D eigenvalue weighted by Crippen LogP contribution is 2.29. The minimum atomic E-state index is -0.833. The third-order valence-corrected chi connectivity index (χ3v) is 4.36. The van der Waals surface area contributed by atoms with E-state index in [9.17, 15) is 4.79 Å². The van der Waals surface area contributed by atoms with Crippen molar-refractivity contribution in [3.63, 3.8) is 0 Å². The fourth-order valence-electron chi connectivity index (χ4n) is 3.07. The molecule has 0 amide bonds. The Balaban J connectivity index is 1.77. The Morgan fingerprint density at radius 2 is 1.86 bits per heavy atom. The fraction of sp³-hybridized carbons (Fsp3) is 0.611. The second-order valence-electron chi connectivity index (χ2n) is 6.01. The van der Waals surface area contributed by atoms with Gasteiger partial charge in [0.2, 0.25) is 0 Å². The van der Waals surface area contributed by atoms with Crippen LogP contribution in [0.4, 0.5) is 5.69 Å². The van der Waals surface area contributed by atoms with E-state index in [0.29, 0.717) is 5.56 Å². The first-order valence-corrected chi connectivity index (χ1v) is 8.33. The zero-order valence-corrected chi connectivity index (χ0v) is 13.1. The van der Waals surface area contributed by atoms with Crippen LogP contribution in [0.15, 0.2) is 18.2 Å². The molecule has 3 nitrogen and oxygen atoms in total. The number of nitrogens with zero attached hydrogens (tertiary/aromatic N) is 1. The molecule has 0 aliphatic carbocycles. The van der Waals surface area contributed by atoms with Crippen molar-refractivity contribution in [2.75, 3.05) is 18.0 Å². The third kappa shape index (κ3) is 4.48. The summed E-state index contributed by atoms with van der Waals surface area (Å²) in [6.07, 6.45) is 10.3. The molecule has 1 aromatic rings. The van der Waals surface area contributed by atoms with Crippen molar-refractivity contribution in [2.45, 2.75) is 58.3 Å². The second-order valence-corrected chi connectivity index (χ2v) is 6.01. The zero-order chi connectivity index (χ0) is 15.1. The average Bonchev–Trinajstić information content (AvgIpc) is 2.88. The minimum absolute atomic E-state index is 0.403. The zero-order valence-electron chi connectivity index (χ0n) is 13.1. The number of carboxylic acids is 1. The molecule has 1 aromatic carbocycles. The molecular formula is C18H27NO2. The number of carbonyl (C=O) groups is 1. The SMILES string of the molecule is CCCCCCCCCN1CCc2ccc(C(=O)O)cc21. The molecule has 1 aliphatic heterocycles. The Labute approximate surface area is 128 Å². The van der Waals surface area contributed by atoms with Gasteiger partial charge in [-0.25, -0.2) is 4.79 Å². The first kappa shape index (κ1) is 15.9. The van der Waals surface area contributed by atoms with E-state index < -0.39 is 5.97 Å². The maximum absolute atomic E-state index is 11.1. The van der Waals surface area contributed by atoms with Crippen LogP contribution in [0.2, 0.25) is 0 Å². The summed E-state index contributed by atoms with van der Waals surface area (Å²) in [6, 6.07) is 5.54. The summed E-state index contributed by atoms with van der Waals surface area (Å²) in [6.45, 7) is 4.34. The van der Waals surface area contributed by atoms with E-state index in [1.165, 1.54) is 50.5 Å². The molecule has 3 heteroatoms. The van der Waals surface area contributed by atoms with Gasteiger partial charge in [-0.2, -0.15) is 0 Å². The summed E-state index contributed by atoms with van der Waals surface area (Å²) >= 11 is 0. The summed E-state index contributed by atoms with van der Waals surface area (Å²) in [4.78, 5) is 13.4. The van der Waals surface area contributed by atoms with E-state index in [1.807, 2.05) is 12.1 Å². The monoisotopic (exact) mass is 289 g/mol. The number of anilines is 1. The Bertz CT molecular complexity index is 470. The van der Waals surface area contributed by atoms with Crippen LogP contribution in [0.3, 0.4) is 0 Å². The van der Waals surface area contributed by atoms with Crippen LogP contribution in [-0.2, 0) is 6.42 Å². The number of hydrogen-bond donors (Lipinski definition) is 1. The van der Waals surface area contributed by atoms with Crippen molar-refractivity contribution in [1.82, 2.24) is 0 Å². The van der Waals surface area contributed by atoms with Gasteiger partial charge in [0.1, 0.15) is 0 Å². The molecule has 21 heavy (non-hydrogen) atoms. The average molecular weight is 289 g/mol. The Morgan fingerprint density at radius 1 is 1.14 bits per heavy atom. The molecule has 0 saturated carbocycles. The number of carboxylic acid groups (broad SMARTS) is 1. The van der Waals surface area contributed by atoms with Gasteiger partial charge in [0, 0.05) is 18.8 Å². The van der Waals surface area contributed by atoms with Crippen LogP contribution < -0.4 is 4.90 Å². The third-order valence-electron chi connectivity index (χ3n) is 4.36. The highest BCUT2D eigenvalue weighted by Gasteiger charge is 2.19. The van der Waals surface area contributed by atoms with Gasteiger partial charge in [-0.3, -0.25) is 0 Å². The van der Waals surface area contributed by atoms with Crippen molar-refractivity contribution in [2.24, 2.45) is 0 Å². The number of fused-ring (bicyclic) bond motifs is 1. The minimum Gasteiger partial charge on any atom is -0.478 e. The number of aromatic carboxylic acids is 1. The fourth-order valence-corrected chi connectivity index (χ4v) is 3.07.